The number of carbonyl (C=O) groups is 2. The van der Waals surface area contributed by atoms with Crippen LogP contribution >= 0.6 is 0 Å². The number of nitrogens with zero attached hydrogens (tertiary/aromatic N) is 4. The highest BCUT2D eigenvalue weighted by Crippen LogP contribution is 2.38. The van der Waals surface area contributed by atoms with E-state index in [1.54, 1.807) is 84.9 Å². The number of benzene rings is 3. The SMILES string of the molecule is O=C(N1N=C(c2ccc(C3=NN(C(=O)C(F)(F)F)[C@H](c4ccccc4)C3)cc2)C[C@@H]1c1ccccc1)C(F)(F)F. The molecule has 206 valence electrons. The number of halogens is 6. The van der Waals surface area contributed by atoms with Crippen LogP contribution in [0, 0.1) is 0 Å². The lowest BCUT2D eigenvalue weighted by atomic mass is 9.95. The maximum atomic E-state index is 13.3. The number of rotatable bonds is 4. The van der Waals surface area contributed by atoms with Crippen molar-refractivity contribution < 1.29 is 35.9 Å². The molecular weight excluding hydrogens is 538 g/mol. The van der Waals surface area contributed by atoms with Crippen LogP contribution in [0.15, 0.2) is 95.1 Å². The molecule has 0 aromatic heterocycles. The summed E-state index contributed by atoms with van der Waals surface area (Å²) < 4.78 is 79.7. The van der Waals surface area contributed by atoms with Gasteiger partial charge in [0.25, 0.3) is 0 Å². The predicted molar refractivity (Wildman–Crippen MR) is 133 cm³/mol. The van der Waals surface area contributed by atoms with E-state index in [1.807, 2.05) is 0 Å². The molecule has 2 aliphatic rings. The lowest BCUT2D eigenvalue weighted by Crippen LogP contribution is -2.38. The van der Waals surface area contributed by atoms with Gasteiger partial charge in [0.15, 0.2) is 0 Å². The first-order chi connectivity index (χ1) is 18.9. The van der Waals surface area contributed by atoms with E-state index in [1.165, 1.54) is 0 Å². The van der Waals surface area contributed by atoms with Crippen LogP contribution in [0.3, 0.4) is 0 Å². The van der Waals surface area contributed by atoms with Crippen LogP contribution in [-0.4, -0.2) is 45.6 Å². The normalized spacial score (nSPS) is 19.4. The average molecular weight is 558 g/mol. The van der Waals surface area contributed by atoms with Crippen LogP contribution in [0.5, 0.6) is 0 Å². The Morgan fingerprint density at radius 3 is 1.20 bits per heavy atom. The quantitative estimate of drug-likeness (QED) is 0.360. The van der Waals surface area contributed by atoms with Crippen LogP contribution < -0.4 is 0 Å². The third-order valence-electron chi connectivity index (χ3n) is 6.64. The van der Waals surface area contributed by atoms with Crippen LogP contribution in [-0.2, 0) is 9.59 Å². The molecule has 2 atom stereocenters. The van der Waals surface area contributed by atoms with Gasteiger partial charge in [-0.05, 0) is 22.3 Å². The van der Waals surface area contributed by atoms with Crippen LogP contribution in [0.25, 0.3) is 0 Å². The molecule has 12 heteroatoms. The summed E-state index contributed by atoms with van der Waals surface area (Å²) in [5.41, 5.74) is 2.31. The average Bonchev–Trinajstić information content (AvgIpc) is 3.58. The fourth-order valence-corrected chi connectivity index (χ4v) is 4.73. The Kier molecular flexibility index (Phi) is 6.94. The van der Waals surface area contributed by atoms with Crippen LogP contribution in [0.4, 0.5) is 26.3 Å². The number of hydrogen-bond donors (Lipinski definition) is 0. The zero-order valence-electron chi connectivity index (χ0n) is 20.5. The smallest absolute Gasteiger partial charge is 0.262 e. The van der Waals surface area contributed by atoms with Gasteiger partial charge in [0.2, 0.25) is 0 Å². The monoisotopic (exact) mass is 558 g/mol. The molecule has 0 radical (unpaired) electrons. The number of alkyl halides is 6. The Bertz CT molecular complexity index is 1360. The summed E-state index contributed by atoms with van der Waals surface area (Å²) in [5, 5.41) is 8.86. The fraction of sp³-hybridized carbons (Fsp3) is 0.214. The second-order valence-electron chi connectivity index (χ2n) is 9.23. The summed E-state index contributed by atoms with van der Waals surface area (Å²) in [5.74, 6) is -4.18. The molecule has 2 heterocycles. The molecule has 0 unspecified atom stereocenters. The molecule has 40 heavy (non-hydrogen) atoms. The van der Waals surface area contributed by atoms with E-state index < -0.39 is 36.3 Å². The van der Waals surface area contributed by atoms with E-state index in [-0.39, 0.29) is 24.3 Å². The van der Waals surface area contributed by atoms with Crippen molar-refractivity contribution in [2.45, 2.75) is 37.3 Å². The highest BCUT2D eigenvalue weighted by molar-refractivity contribution is 6.06. The summed E-state index contributed by atoms with van der Waals surface area (Å²) in [6.07, 6.45) is -10.2. The lowest BCUT2D eigenvalue weighted by molar-refractivity contribution is -0.187. The molecule has 0 fully saturated rings. The van der Waals surface area contributed by atoms with E-state index >= 15 is 0 Å². The number of hydrogen-bond acceptors (Lipinski definition) is 4. The molecule has 0 saturated heterocycles. The molecule has 3 aromatic carbocycles. The largest absolute Gasteiger partial charge is 0.473 e. The summed E-state index contributed by atoms with van der Waals surface area (Å²) >= 11 is 0. The molecule has 0 N–H and O–H groups in total. The van der Waals surface area contributed by atoms with Gasteiger partial charge < -0.3 is 0 Å². The maximum absolute atomic E-state index is 13.3. The van der Waals surface area contributed by atoms with Crippen LogP contribution in [0.1, 0.15) is 47.2 Å². The summed E-state index contributed by atoms with van der Waals surface area (Å²) in [7, 11) is 0. The van der Waals surface area contributed by atoms with Crippen molar-refractivity contribution in [3.63, 3.8) is 0 Å². The Labute approximate surface area is 224 Å². The third-order valence-corrected chi connectivity index (χ3v) is 6.64. The van der Waals surface area contributed by atoms with Crippen molar-refractivity contribution in [2.24, 2.45) is 10.2 Å². The predicted octanol–water partition coefficient (Wildman–Crippen LogP) is 6.17. The van der Waals surface area contributed by atoms with E-state index in [4.69, 9.17) is 0 Å². The maximum Gasteiger partial charge on any atom is 0.473 e. The van der Waals surface area contributed by atoms with Gasteiger partial charge in [-0.15, -0.1) is 0 Å². The molecule has 0 aliphatic carbocycles. The minimum Gasteiger partial charge on any atom is -0.262 e. The van der Waals surface area contributed by atoms with Gasteiger partial charge >= 0.3 is 24.2 Å². The zero-order valence-corrected chi connectivity index (χ0v) is 20.5. The first-order valence-corrected chi connectivity index (χ1v) is 12.1. The summed E-state index contributed by atoms with van der Waals surface area (Å²) in [4.78, 5) is 24.3. The Morgan fingerprint density at radius 2 is 0.900 bits per heavy atom. The van der Waals surface area contributed by atoms with Crippen molar-refractivity contribution in [1.29, 1.82) is 0 Å². The van der Waals surface area contributed by atoms with Gasteiger partial charge in [-0.3, -0.25) is 9.59 Å². The number of hydrazone groups is 2. The minimum absolute atomic E-state index is 0.0239. The Balaban J connectivity index is 1.43. The molecule has 0 saturated carbocycles. The molecule has 0 spiro atoms. The van der Waals surface area contributed by atoms with E-state index in [9.17, 15) is 35.9 Å². The fourth-order valence-electron chi connectivity index (χ4n) is 4.73. The number of amides is 2. The minimum atomic E-state index is -5.12. The zero-order chi connectivity index (χ0) is 28.7. The van der Waals surface area contributed by atoms with Gasteiger partial charge in [0.1, 0.15) is 0 Å². The van der Waals surface area contributed by atoms with Gasteiger partial charge in [-0.2, -0.15) is 36.5 Å². The van der Waals surface area contributed by atoms with E-state index in [2.05, 4.69) is 10.2 Å². The van der Waals surface area contributed by atoms with Gasteiger partial charge in [-0.1, -0.05) is 84.9 Å². The van der Waals surface area contributed by atoms with E-state index in [0.29, 0.717) is 32.3 Å². The summed E-state index contributed by atoms with van der Waals surface area (Å²) in [6.45, 7) is 0. The number of carbonyl (C=O) groups excluding carboxylic acids is 2. The van der Waals surface area contributed by atoms with Crippen molar-refractivity contribution in [3.05, 3.63) is 107 Å². The van der Waals surface area contributed by atoms with Crippen molar-refractivity contribution in [1.82, 2.24) is 10.0 Å². The van der Waals surface area contributed by atoms with Crippen molar-refractivity contribution in [2.75, 3.05) is 0 Å². The van der Waals surface area contributed by atoms with Crippen LogP contribution in [0.2, 0.25) is 0 Å². The van der Waals surface area contributed by atoms with Crippen molar-refractivity contribution in [3.8, 4) is 0 Å². The topological polar surface area (TPSA) is 65.3 Å². The van der Waals surface area contributed by atoms with E-state index in [0.717, 1.165) is 0 Å². The molecule has 5 rings (SSSR count). The summed E-state index contributed by atoms with van der Waals surface area (Å²) in [6, 6.07) is 20.7. The van der Waals surface area contributed by atoms with Crippen molar-refractivity contribution >= 4 is 23.2 Å². The standard InChI is InChI=1S/C28H20F6N4O2/c29-27(30,31)25(39)37-23(19-7-3-1-4-8-19)15-21(35-37)17-11-13-18(14-12-17)22-16-24(20-9-5-2-6-10-20)38(36-22)26(40)28(32,33)34/h1-14,23-24H,15-16H2/t23-,24+. The molecule has 6 nitrogen and oxygen atoms in total. The lowest BCUT2D eigenvalue weighted by Gasteiger charge is -2.22. The second-order valence-corrected chi connectivity index (χ2v) is 9.23. The molecular formula is C28H20F6N4O2. The first kappa shape index (κ1) is 27.1. The molecule has 2 aliphatic heterocycles. The Hall–Kier alpha value is -4.48. The highest BCUT2D eigenvalue weighted by Gasteiger charge is 2.49. The second kappa shape index (κ2) is 10.2. The Morgan fingerprint density at radius 1 is 0.575 bits per heavy atom. The van der Waals surface area contributed by atoms with Gasteiger partial charge in [0, 0.05) is 12.8 Å². The van der Waals surface area contributed by atoms with Gasteiger partial charge in [0.05, 0.1) is 23.5 Å². The van der Waals surface area contributed by atoms with Gasteiger partial charge in [-0.25, -0.2) is 10.0 Å². The first-order valence-electron chi connectivity index (χ1n) is 12.1. The molecule has 2 amide bonds. The third kappa shape index (κ3) is 5.33. The molecule has 3 aromatic rings. The molecule has 0 bridgehead atoms. The highest BCUT2D eigenvalue weighted by atomic mass is 19.4.